The molecule has 0 heterocycles. The van der Waals surface area contributed by atoms with E-state index in [1.807, 2.05) is 6.07 Å². The largest absolute Gasteiger partial charge is 0.310 e. The van der Waals surface area contributed by atoms with Gasteiger partial charge in [0, 0.05) is 23.5 Å². The highest BCUT2D eigenvalue weighted by Gasteiger charge is 2.42. The van der Waals surface area contributed by atoms with E-state index in [0.717, 1.165) is 11.0 Å². The first kappa shape index (κ1) is 12.6. The molecule has 0 spiro atoms. The second kappa shape index (κ2) is 5.20. The predicted octanol–water partition coefficient (Wildman–Crippen LogP) is 3.79. The molecular weight excluding hydrogens is 276 g/mol. The Morgan fingerprint density at radius 1 is 1.47 bits per heavy atom. The summed E-state index contributed by atoms with van der Waals surface area (Å²) in [5, 5.41) is 12.3. The van der Waals surface area contributed by atoms with Crippen LogP contribution in [0.15, 0.2) is 28.7 Å². The number of nitrogens with one attached hydrogen (secondary N) is 1. The lowest BCUT2D eigenvalue weighted by Gasteiger charge is -2.19. The first-order chi connectivity index (χ1) is 8.17. The summed E-state index contributed by atoms with van der Waals surface area (Å²) in [5.41, 5.74) is 1.55. The van der Waals surface area contributed by atoms with Crippen LogP contribution in [-0.4, -0.2) is 6.54 Å². The molecule has 2 nitrogen and oxygen atoms in total. The van der Waals surface area contributed by atoms with Gasteiger partial charge in [0.2, 0.25) is 0 Å². The molecule has 0 aliphatic heterocycles. The number of benzene rings is 1. The van der Waals surface area contributed by atoms with Gasteiger partial charge < -0.3 is 5.32 Å². The second-order valence-electron chi connectivity index (χ2n) is 4.96. The fourth-order valence-corrected chi connectivity index (χ4v) is 2.69. The maximum Gasteiger partial charge on any atom is 0.0628 e. The number of nitriles is 1. The summed E-state index contributed by atoms with van der Waals surface area (Å²) in [6.07, 6.45) is 3.06. The quantitative estimate of drug-likeness (QED) is 0.896. The van der Waals surface area contributed by atoms with Crippen molar-refractivity contribution in [3.63, 3.8) is 0 Å². The highest BCUT2D eigenvalue weighted by Crippen LogP contribution is 2.48. The molecule has 0 amide bonds. The Bertz CT molecular complexity index is 432. The van der Waals surface area contributed by atoms with Gasteiger partial charge in [-0.1, -0.05) is 34.1 Å². The van der Waals surface area contributed by atoms with Crippen LogP contribution in [0.1, 0.15) is 37.8 Å². The lowest BCUT2D eigenvalue weighted by molar-refractivity contribution is 0.432. The van der Waals surface area contributed by atoms with Crippen LogP contribution < -0.4 is 5.32 Å². The number of rotatable bonds is 5. The molecule has 1 saturated carbocycles. The molecule has 1 aromatic carbocycles. The molecule has 1 N–H and O–H groups in total. The minimum absolute atomic E-state index is 0.268. The van der Waals surface area contributed by atoms with E-state index in [2.05, 4.69) is 52.4 Å². The normalized spacial score (nSPS) is 18.4. The van der Waals surface area contributed by atoms with Crippen LogP contribution in [0.5, 0.6) is 0 Å². The highest BCUT2D eigenvalue weighted by molar-refractivity contribution is 9.10. The number of halogens is 1. The summed E-state index contributed by atoms with van der Waals surface area (Å²) in [4.78, 5) is 0. The third-order valence-corrected chi connectivity index (χ3v) is 4.29. The number of nitrogens with zero attached hydrogens (tertiary/aromatic N) is 1. The zero-order chi connectivity index (χ0) is 12.3. The Hall–Kier alpha value is -0.850. The van der Waals surface area contributed by atoms with Gasteiger partial charge in [-0.05, 0) is 36.8 Å². The Labute approximate surface area is 111 Å². The molecule has 2 rings (SSSR count). The molecular formula is C14H17BrN2. The first-order valence-electron chi connectivity index (χ1n) is 6.02. The molecule has 17 heavy (non-hydrogen) atoms. The summed E-state index contributed by atoms with van der Waals surface area (Å²) in [6, 6.07) is 10.9. The lowest BCUT2D eigenvalue weighted by atomic mass is 10.0. The molecule has 0 unspecified atom stereocenters. The SMILES string of the molecule is C[C@@H](NCC1(CC#N)CC1)c1ccccc1Br. The van der Waals surface area contributed by atoms with Crippen LogP contribution in [-0.2, 0) is 0 Å². The van der Waals surface area contributed by atoms with Crippen LogP contribution in [0.3, 0.4) is 0 Å². The van der Waals surface area contributed by atoms with Gasteiger partial charge in [-0.2, -0.15) is 5.26 Å². The van der Waals surface area contributed by atoms with Crippen LogP contribution in [0.25, 0.3) is 0 Å². The van der Waals surface area contributed by atoms with Gasteiger partial charge in [0.1, 0.15) is 0 Å². The Morgan fingerprint density at radius 2 is 2.18 bits per heavy atom. The molecule has 1 atom stereocenters. The molecule has 1 aromatic rings. The van der Waals surface area contributed by atoms with E-state index in [1.54, 1.807) is 0 Å². The van der Waals surface area contributed by atoms with Gasteiger partial charge in [-0.25, -0.2) is 0 Å². The van der Waals surface area contributed by atoms with Crippen molar-refractivity contribution in [3.05, 3.63) is 34.3 Å². The molecule has 0 radical (unpaired) electrons. The molecule has 1 fully saturated rings. The average molecular weight is 293 g/mol. The number of hydrogen-bond acceptors (Lipinski definition) is 2. The Kier molecular flexibility index (Phi) is 3.86. The number of hydrogen-bond donors (Lipinski definition) is 1. The van der Waals surface area contributed by atoms with Gasteiger partial charge in [0.25, 0.3) is 0 Å². The molecule has 0 saturated heterocycles. The third kappa shape index (κ3) is 3.08. The molecule has 3 heteroatoms. The van der Waals surface area contributed by atoms with E-state index >= 15 is 0 Å². The summed E-state index contributed by atoms with van der Waals surface area (Å²) in [5.74, 6) is 0. The van der Waals surface area contributed by atoms with Crippen LogP contribution >= 0.6 is 15.9 Å². The van der Waals surface area contributed by atoms with Crippen molar-refractivity contribution in [2.45, 2.75) is 32.2 Å². The summed E-state index contributed by atoms with van der Waals surface area (Å²) < 4.78 is 1.14. The third-order valence-electron chi connectivity index (χ3n) is 3.57. The van der Waals surface area contributed by atoms with Crippen molar-refractivity contribution >= 4 is 15.9 Å². The molecule has 1 aliphatic carbocycles. The Balaban J connectivity index is 1.92. The minimum atomic E-state index is 0.268. The van der Waals surface area contributed by atoms with Gasteiger partial charge in [-0.15, -0.1) is 0 Å². The molecule has 0 bridgehead atoms. The van der Waals surface area contributed by atoms with Crippen molar-refractivity contribution in [2.75, 3.05) is 6.54 Å². The molecule has 1 aliphatic rings. The van der Waals surface area contributed by atoms with Gasteiger partial charge in [-0.3, -0.25) is 0 Å². The fourth-order valence-electron chi connectivity index (χ4n) is 2.07. The summed E-state index contributed by atoms with van der Waals surface area (Å²) >= 11 is 3.57. The van der Waals surface area contributed by atoms with Gasteiger partial charge >= 0.3 is 0 Å². The minimum Gasteiger partial charge on any atom is -0.310 e. The zero-order valence-electron chi connectivity index (χ0n) is 10.0. The predicted molar refractivity (Wildman–Crippen MR) is 72.5 cm³/mol. The van der Waals surface area contributed by atoms with Crippen molar-refractivity contribution < 1.29 is 0 Å². The van der Waals surface area contributed by atoms with Crippen molar-refractivity contribution in [1.82, 2.24) is 5.32 Å². The van der Waals surface area contributed by atoms with E-state index in [-0.39, 0.29) is 5.41 Å². The van der Waals surface area contributed by atoms with Gasteiger partial charge in [0.15, 0.2) is 0 Å². The van der Waals surface area contributed by atoms with E-state index < -0.39 is 0 Å². The van der Waals surface area contributed by atoms with Crippen LogP contribution in [0.4, 0.5) is 0 Å². The lowest BCUT2D eigenvalue weighted by Crippen LogP contribution is -2.26. The first-order valence-corrected chi connectivity index (χ1v) is 6.81. The Morgan fingerprint density at radius 3 is 2.76 bits per heavy atom. The maximum atomic E-state index is 8.78. The van der Waals surface area contributed by atoms with Crippen molar-refractivity contribution in [3.8, 4) is 6.07 Å². The van der Waals surface area contributed by atoms with Crippen LogP contribution in [0, 0.1) is 16.7 Å². The second-order valence-corrected chi connectivity index (χ2v) is 5.81. The monoisotopic (exact) mass is 292 g/mol. The topological polar surface area (TPSA) is 35.8 Å². The standard InChI is InChI=1S/C14H17BrN2/c1-11(12-4-2-3-5-13(12)15)17-10-14(6-7-14)8-9-16/h2-5,11,17H,6-8,10H2,1H3/t11-/m1/s1. The average Bonchev–Trinajstić information content (AvgIpc) is 3.08. The smallest absolute Gasteiger partial charge is 0.0628 e. The summed E-state index contributed by atoms with van der Waals surface area (Å²) in [6.45, 7) is 3.12. The molecule has 0 aromatic heterocycles. The van der Waals surface area contributed by atoms with E-state index in [9.17, 15) is 0 Å². The van der Waals surface area contributed by atoms with E-state index in [0.29, 0.717) is 12.5 Å². The fraction of sp³-hybridized carbons (Fsp3) is 0.500. The van der Waals surface area contributed by atoms with Crippen molar-refractivity contribution in [2.24, 2.45) is 5.41 Å². The summed E-state index contributed by atoms with van der Waals surface area (Å²) in [7, 11) is 0. The zero-order valence-corrected chi connectivity index (χ0v) is 11.6. The maximum absolute atomic E-state index is 8.78. The van der Waals surface area contributed by atoms with Crippen LogP contribution in [0.2, 0.25) is 0 Å². The highest BCUT2D eigenvalue weighted by atomic mass is 79.9. The van der Waals surface area contributed by atoms with E-state index in [4.69, 9.17) is 5.26 Å². The van der Waals surface area contributed by atoms with E-state index in [1.165, 1.54) is 18.4 Å². The van der Waals surface area contributed by atoms with Gasteiger partial charge in [0.05, 0.1) is 6.07 Å². The van der Waals surface area contributed by atoms with Crippen molar-refractivity contribution in [1.29, 1.82) is 5.26 Å². The molecule has 90 valence electrons.